The van der Waals surface area contributed by atoms with Crippen LogP contribution < -0.4 is 34.7 Å². The minimum absolute atomic E-state index is 0. The molecule has 7 heavy (non-hydrogen) atoms. The first-order chi connectivity index (χ1) is 2.77. The first-order valence-electron chi connectivity index (χ1n) is 1.99. The zero-order valence-corrected chi connectivity index (χ0v) is 7.19. The summed E-state index contributed by atoms with van der Waals surface area (Å²) in [5.41, 5.74) is 1.10. The van der Waals surface area contributed by atoms with Gasteiger partial charge in [-0.25, -0.2) is 0 Å². The van der Waals surface area contributed by atoms with Gasteiger partial charge in [0.2, 0.25) is 0 Å². The Morgan fingerprint density at radius 3 is 2.00 bits per heavy atom. The van der Waals surface area contributed by atoms with E-state index in [1.165, 1.54) is 0 Å². The van der Waals surface area contributed by atoms with Gasteiger partial charge in [0.25, 0.3) is 0 Å². The molecular weight excluding hydrogens is 99.0 g/mol. The molecule has 0 heterocycles. The molecule has 0 fully saturated rings. The van der Waals surface area contributed by atoms with Crippen LogP contribution in [0, 0.1) is 0 Å². The van der Waals surface area contributed by atoms with Crippen LogP contribution in [0.25, 0.3) is 0 Å². The van der Waals surface area contributed by atoms with Crippen LogP contribution in [0.1, 0.15) is 13.8 Å². The van der Waals surface area contributed by atoms with Crippen LogP contribution in [0.15, 0.2) is 11.6 Å². The molecule has 0 unspecified atom stereocenters. The standard InChI is InChI=1S/C5H9O.Na/c1-5(2)3-4-6;/h3H,4H2,1-2H3;/q-1;+1. The summed E-state index contributed by atoms with van der Waals surface area (Å²) in [6.07, 6.45) is 1.65. The van der Waals surface area contributed by atoms with Crippen molar-refractivity contribution in [3.63, 3.8) is 0 Å². The van der Waals surface area contributed by atoms with E-state index < -0.39 is 0 Å². The predicted molar refractivity (Wildman–Crippen MR) is 24.3 cm³/mol. The number of hydrogen-bond acceptors (Lipinski definition) is 1. The summed E-state index contributed by atoms with van der Waals surface area (Å²) in [5.74, 6) is 0. The van der Waals surface area contributed by atoms with Crippen molar-refractivity contribution in [3.05, 3.63) is 11.6 Å². The van der Waals surface area contributed by atoms with Gasteiger partial charge in [-0.3, -0.25) is 0 Å². The van der Waals surface area contributed by atoms with E-state index in [1.807, 2.05) is 13.8 Å². The summed E-state index contributed by atoms with van der Waals surface area (Å²) >= 11 is 0. The molecule has 0 aromatic rings. The Bertz CT molecular complexity index is 55.1. The molecule has 0 atom stereocenters. The van der Waals surface area contributed by atoms with Crippen LogP contribution in [0.2, 0.25) is 0 Å². The smallest absolute Gasteiger partial charge is 0.851 e. The van der Waals surface area contributed by atoms with Crippen LogP contribution in [0.3, 0.4) is 0 Å². The van der Waals surface area contributed by atoms with Crippen molar-refractivity contribution < 1.29 is 34.7 Å². The quantitative estimate of drug-likeness (QED) is 0.265. The maximum absolute atomic E-state index is 9.66. The van der Waals surface area contributed by atoms with Crippen molar-refractivity contribution in [2.24, 2.45) is 0 Å². The fraction of sp³-hybridized carbons (Fsp3) is 0.600. The van der Waals surface area contributed by atoms with Gasteiger partial charge in [-0.1, -0.05) is 5.57 Å². The summed E-state index contributed by atoms with van der Waals surface area (Å²) in [6, 6.07) is 0. The Hall–Kier alpha value is 0.700. The normalized spacial score (nSPS) is 6.71. The molecule has 1 nitrogen and oxygen atoms in total. The molecule has 36 valence electrons. The molecule has 0 aliphatic heterocycles. The van der Waals surface area contributed by atoms with Crippen LogP contribution in [-0.2, 0) is 0 Å². The molecule has 0 aliphatic rings. The Balaban J connectivity index is 0. The summed E-state index contributed by atoms with van der Waals surface area (Å²) in [7, 11) is 0. The number of hydrogen-bond donors (Lipinski definition) is 0. The SMILES string of the molecule is CC(C)=CC[O-].[Na+]. The average molecular weight is 108 g/mol. The van der Waals surface area contributed by atoms with Gasteiger partial charge >= 0.3 is 29.6 Å². The van der Waals surface area contributed by atoms with E-state index in [-0.39, 0.29) is 36.2 Å². The third kappa shape index (κ3) is 10.8. The molecule has 0 radical (unpaired) electrons. The van der Waals surface area contributed by atoms with Gasteiger partial charge in [0.1, 0.15) is 0 Å². The van der Waals surface area contributed by atoms with Crippen molar-refractivity contribution in [2.45, 2.75) is 13.8 Å². The zero-order valence-electron chi connectivity index (χ0n) is 5.19. The van der Waals surface area contributed by atoms with Gasteiger partial charge in [0.05, 0.1) is 0 Å². The second-order valence-corrected chi connectivity index (χ2v) is 1.45. The molecule has 0 saturated heterocycles. The monoisotopic (exact) mass is 108 g/mol. The molecule has 0 bridgehead atoms. The van der Waals surface area contributed by atoms with Crippen molar-refractivity contribution in [1.29, 1.82) is 0 Å². The molecule has 0 aromatic heterocycles. The van der Waals surface area contributed by atoms with Gasteiger partial charge in [0.15, 0.2) is 0 Å². The first-order valence-corrected chi connectivity index (χ1v) is 1.99. The van der Waals surface area contributed by atoms with Gasteiger partial charge in [-0.2, -0.15) is 0 Å². The van der Waals surface area contributed by atoms with Gasteiger partial charge in [-0.05, 0) is 13.8 Å². The van der Waals surface area contributed by atoms with E-state index in [0.29, 0.717) is 0 Å². The van der Waals surface area contributed by atoms with E-state index in [2.05, 4.69) is 0 Å². The topological polar surface area (TPSA) is 23.1 Å². The molecule has 0 amide bonds. The Labute approximate surface area is 66.7 Å². The second kappa shape index (κ2) is 6.70. The first kappa shape index (κ1) is 10.6. The van der Waals surface area contributed by atoms with Crippen molar-refractivity contribution >= 4 is 0 Å². The third-order valence-corrected chi connectivity index (χ3v) is 0.492. The molecule has 0 aliphatic carbocycles. The van der Waals surface area contributed by atoms with Gasteiger partial charge in [-0.15, -0.1) is 12.7 Å². The molecular formula is C5H9NaO. The summed E-state index contributed by atoms with van der Waals surface area (Å²) in [4.78, 5) is 0. The van der Waals surface area contributed by atoms with Crippen molar-refractivity contribution in [1.82, 2.24) is 0 Å². The minimum Gasteiger partial charge on any atom is -0.851 e. The van der Waals surface area contributed by atoms with Crippen LogP contribution in [0.4, 0.5) is 0 Å². The van der Waals surface area contributed by atoms with Crippen molar-refractivity contribution in [2.75, 3.05) is 6.61 Å². The van der Waals surface area contributed by atoms with Crippen LogP contribution in [-0.4, -0.2) is 6.61 Å². The number of allylic oxidation sites excluding steroid dienone is 1. The fourth-order valence-corrected chi connectivity index (χ4v) is 0.167. The van der Waals surface area contributed by atoms with E-state index in [9.17, 15) is 5.11 Å². The molecule has 0 N–H and O–H groups in total. The summed E-state index contributed by atoms with van der Waals surface area (Å²) < 4.78 is 0. The van der Waals surface area contributed by atoms with E-state index in [0.717, 1.165) is 5.57 Å². The van der Waals surface area contributed by atoms with Crippen LogP contribution in [0.5, 0.6) is 0 Å². The van der Waals surface area contributed by atoms with Gasteiger partial charge < -0.3 is 5.11 Å². The predicted octanol–water partition coefficient (Wildman–Crippen LogP) is -2.68. The van der Waals surface area contributed by atoms with E-state index >= 15 is 0 Å². The Morgan fingerprint density at radius 2 is 2.00 bits per heavy atom. The maximum Gasteiger partial charge on any atom is 1.00 e. The fourth-order valence-electron chi connectivity index (χ4n) is 0.167. The van der Waals surface area contributed by atoms with Crippen LogP contribution >= 0.6 is 0 Å². The maximum atomic E-state index is 9.66. The van der Waals surface area contributed by atoms with Gasteiger partial charge in [0, 0.05) is 0 Å². The summed E-state index contributed by atoms with van der Waals surface area (Å²) in [5, 5.41) is 9.66. The minimum atomic E-state index is -0.0810. The third-order valence-electron chi connectivity index (χ3n) is 0.492. The molecule has 0 rings (SSSR count). The zero-order chi connectivity index (χ0) is 4.99. The second-order valence-electron chi connectivity index (χ2n) is 1.45. The largest absolute Gasteiger partial charge is 1.00 e. The molecule has 0 spiro atoms. The molecule has 0 saturated carbocycles. The summed E-state index contributed by atoms with van der Waals surface area (Å²) in [6.45, 7) is 3.75. The number of rotatable bonds is 1. The Morgan fingerprint density at radius 1 is 1.57 bits per heavy atom. The average Bonchev–Trinajstić information content (AvgIpc) is 1.35. The Kier molecular flexibility index (Phi) is 10.2. The molecule has 0 aromatic carbocycles. The van der Waals surface area contributed by atoms with E-state index in [1.54, 1.807) is 6.08 Å². The van der Waals surface area contributed by atoms with Crippen molar-refractivity contribution in [3.8, 4) is 0 Å². The van der Waals surface area contributed by atoms with E-state index in [4.69, 9.17) is 0 Å². The molecule has 2 heteroatoms.